The third kappa shape index (κ3) is 3.35. The van der Waals surface area contributed by atoms with E-state index in [1.165, 1.54) is 12.8 Å². The molecule has 0 N–H and O–H groups in total. The van der Waals surface area contributed by atoms with E-state index < -0.39 is 0 Å². The Labute approximate surface area is 74.3 Å². The lowest BCUT2D eigenvalue weighted by Crippen LogP contribution is -2.09. The highest BCUT2D eigenvalue weighted by Crippen LogP contribution is 2.18. The fraction of sp³-hybridized carbons (Fsp3) is 0.900. The van der Waals surface area contributed by atoms with Crippen LogP contribution in [0.1, 0.15) is 45.4 Å². The van der Waals surface area contributed by atoms with Crippen LogP contribution in [0.5, 0.6) is 0 Å². The summed E-state index contributed by atoms with van der Waals surface area (Å²) in [5, 5.41) is 0. The molecule has 1 aliphatic rings. The van der Waals surface area contributed by atoms with E-state index in [2.05, 4.69) is 6.92 Å². The molecule has 70 valence electrons. The fourth-order valence-corrected chi connectivity index (χ4v) is 1.52. The second-order valence-electron chi connectivity index (χ2n) is 3.48. The SMILES string of the molecule is CCCCCOC1CCC(=O)C1. The van der Waals surface area contributed by atoms with E-state index in [4.69, 9.17) is 4.74 Å². The Morgan fingerprint density at radius 1 is 1.50 bits per heavy atom. The topological polar surface area (TPSA) is 26.3 Å². The van der Waals surface area contributed by atoms with Crippen molar-refractivity contribution in [1.29, 1.82) is 0 Å². The van der Waals surface area contributed by atoms with Gasteiger partial charge < -0.3 is 4.74 Å². The van der Waals surface area contributed by atoms with Crippen molar-refractivity contribution in [2.45, 2.75) is 51.6 Å². The molecule has 0 amide bonds. The van der Waals surface area contributed by atoms with Crippen molar-refractivity contribution in [3.05, 3.63) is 0 Å². The van der Waals surface area contributed by atoms with Gasteiger partial charge in [0.05, 0.1) is 6.10 Å². The van der Waals surface area contributed by atoms with Gasteiger partial charge in [-0.25, -0.2) is 0 Å². The Morgan fingerprint density at radius 3 is 2.92 bits per heavy atom. The van der Waals surface area contributed by atoms with Gasteiger partial charge in [-0.05, 0) is 12.8 Å². The molecule has 1 saturated carbocycles. The summed E-state index contributed by atoms with van der Waals surface area (Å²) in [5.74, 6) is 0.371. The van der Waals surface area contributed by atoms with Gasteiger partial charge >= 0.3 is 0 Å². The van der Waals surface area contributed by atoms with Crippen LogP contribution < -0.4 is 0 Å². The minimum Gasteiger partial charge on any atom is -0.378 e. The van der Waals surface area contributed by atoms with E-state index in [0.29, 0.717) is 12.2 Å². The number of rotatable bonds is 5. The third-order valence-corrected chi connectivity index (χ3v) is 2.30. The highest BCUT2D eigenvalue weighted by Gasteiger charge is 2.21. The molecule has 1 aliphatic carbocycles. The van der Waals surface area contributed by atoms with E-state index in [1.807, 2.05) is 0 Å². The van der Waals surface area contributed by atoms with Crippen LogP contribution in [0, 0.1) is 0 Å². The summed E-state index contributed by atoms with van der Waals surface area (Å²) in [4.78, 5) is 10.9. The molecule has 0 aromatic rings. The molecule has 2 heteroatoms. The molecule has 0 aromatic heterocycles. The maximum absolute atomic E-state index is 10.9. The summed E-state index contributed by atoms with van der Waals surface area (Å²) in [5.41, 5.74) is 0. The van der Waals surface area contributed by atoms with Crippen molar-refractivity contribution in [2.75, 3.05) is 6.61 Å². The Hall–Kier alpha value is -0.370. The maximum atomic E-state index is 10.9. The Bertz CT molecular complexity index is 143. The molecule has 1 unspecified atom stereocenters. The summed E-state index contributed by atoms with van der Waals surface area (Å²) in [6.07, 6.45) is 6.19. The molecule has 0 aliphatic heterocycles. The summed E-state index contributed by atoms with van der Waals surface area (Å²) in [6, 6.07) is 0. The molecule has 2 nitrogen and oxygen atoms in total. The highest BCUT2D eigenvalue weighted by atomic mass is 16.5. The lowest BCUT2D eigenvalue weighted by Gasteiger charge is -2.09. The monoisotopic (exact) mass is 170 g/mol. The number of carbonyl (C=O) groups excluding carboxylic acids is 1. The second kappa shape index (κ2) is 5.31. The summed E-state index contributed by atoms with van der Waals surface area (Å²) in [6.45, 7) is 3.02. The van der Waals surface area contributed by atoms with Crippen LogP contribution in [-0.2, 0) is 9.53 Å². The predicted molar refractivity (Wildman–Crippen MR) is 48.1 cm³/mol. The number of ether oxygens (including phenoxy) is 1. The van der Waals surface area contributed by atoms with Crippen LogP contribution in [-0.4, -0.2) is 18.5 Å². The number of carbonyl (C=O) groups is 1. The Balaban J connectivity index is 1.97. The standard InChI is InChI=1S/C10H18O2/c1-2-3-4-7-12-10-6-5-9(11)8-10/h10H,2-8H2,1H3. The average Bonchev–Trinajstić information content (AvgIpc) is 2.45. The summed E-state index contributed by atoms with van der Waals surface area (Å²) >= 11 is 0. The van der Waals surface area contributed by atoms with Crippen molar-refractivity contribution < 1.29 is 9.53 Å². The molecule has 1 atom stereocenters. The molecule has 1 rings (SSSR count). The molecule has 0 aromatic carbocycles. The fourth-order valence-electron chi connectivity index (χ4n) is 1.52. The summed E-state index contributed by atoms with van der Waals surface area (Å²) in [7, 11) is 0. The zero-order valence-electron chi connectivity index (χ0n) is 7.84. The van der Waals surface area contributed by atoms with Gasteiger partial charge in [-0.15, -0.1) is 0 Å². The Kier molecular flexibility index (Phi) is 4.30. The van der Waals surface area contributed by atoms with E-state index in [1.54, 1.807) is 0 Å². The lowest BCUT2D eigenvalue weighted by molar-refractivity contribution is -0.118. The van der Waals surface area contributed by atoms with Gasteiger partial charge in [0.25, 0.3) is 0 Å². The van der Waals surface area contributed by atoms with E-state index >= 15 is 0 Å². The van der Waals surface area contributed by atoms with Crippen LogP contribution in [0.15, 0.2) is 0 Å². The number of hydrogen-bond acceptors (Lipinski definition) is 2. The molecule has 0 heterocycles. The first kappa shape index (κ1) is 9.72. The second-order valence-corrected chi connectivity index (χ2v) is 3.48. The van der Waals surface area contributed by atoms with Crippen molar-refractivity contribution in [1.82, 2.24) is 0 Å². The number of hydrogen-bond donors (Lipinski definition) is 0. The van der Waals surface area contributed by atoms with E-state index in [9.17, 15) is 4.79 Å². The largest absolute Gasteiger partial charge is 0.378 e. The van der Waals surface area contributed by atoms with Crippen molar-refractivity contribution >= 4 is 5.78 Å². The molecule has 1 fully saturated rings. The Morgan fingerprint density at radius 2 is 2.33 bits per heavy atom. The quantitative estimate of drug-likeness (QED) is 0.592. The minimum atomic E-state index is 0.245. The molecule has 0 saturated heterocycles. The van der Waals surface area contributed by atoms with Crippen LogP contribution in [0.4, 0.5) is 0 Å². The van der Waals surface area contributed by atoms with E-state index in [-0.39, 0.29) is 6.10 Å². The van der Waals surface area contributed by atoms with Crippen LogP contribution >= 0.6 is 0 Å². The molecular formula is C10H18O2. The number of Topliss-reactive ketones (excluding diaryl/α,β-unsaturated/α-hetero) is 1. The molecule has 0 bridgehead atoms. The van der Waals surface area contributed by atoms with Gasteiger partial charge in [-0.3, -0.25) is 4.79 Å². The zero-order valence-corrected chi connectivity index (χ0v) is 7.84. The predicted octanol–water partition coefficient (Wildman–Crippen LogP) is 2.31. The van der Waals surface area contributed by atoms with Gasteiger partial charge in [-0.1, -0.05) is 19.8 Å². The van der Waals surface area contributed by atoms with Crippen LogP contribution in [0.2, 0.25) is 0 Å². The van der Waals surface area contributed by atoms with Crippen molar-refractivity contribution in [3.8, 4) is 0 Å². The highest BCUT2D eigenvalue weighted by molar-refractivity contribution is 5.81. The van der Waals surface area contributed by atoms with Gasteiger partial charge in [-0.2, -0.15) is 0 Å². The van der Waals surface area contributed by atoms with Gasteiger partial charge in [0, 0.05) is 19.4 Å². The summed E-state index contributed by atoms with van der Waals surface area (Å²) < 4.78 is 5.55. The smallest absolute Gasteiger partial charge is 0.135 e. The molecular weight excluding hydrogens is 152 g/mol. The first-order chi connectivity index (χ1) is 5.83. The van der Waals surface area contributed by atoms with Crippen LogP contribution in [0.25, 0.3) is 0 Å². The first-order valence-electron chi connectivity index (χ1n) is 4.96. The van der Waals surface area contributed by atoms with Crippen molar-refractivity contribution in [3.63, 3.8) is 0 Å². The van der Waals surface area contributed by atoms with Gasteiger partial charge in [0.1, 0.15) is 5.78 Å². The van der Waals surface area contributed by atoms with Gasteiger partial charge in [0.2, 0.25) is 0 Å². The first-order valence-corrected chi connectivity index (χ1v) is 4.96. The maximum Gasteiger partial charge on any atom is 0.135 e. The zero-order chi connectivity index (χ0) is 8.81. The number of unbranched alkanes of at least 4 members (excludes halogenated alkanes) is 2. The molecule has 0 radical (unpaired) electrons. The number of ketones is 1. The molecule has 0 spiro atoms. The third-order valence-electron chi connectivity index (χ3n) is 2.30. The van der Waals surface area contributed by atoms with Crippen LogP contribution in [0.3, 0.4) is 0 Å². The average molecular weight is 170 g/mol. The van der Waals surface area contributed by atoms with E-state index in [0.717, 1.165) is 25.9 Å². The minimum absolute atomic E-state index is 0.245. The van der Waals surface area contributed by atoms with Gasteiger partial charge in [0.15, 0.2) is 0 Å². The van der Waals surface area contributed by atoms with Crippen molar-refractivity contribution in [2.24, 2.45) is 0 Å². The lowest BCUT2D eigenvalue weighted by atomic mass is 10.2. The molecule has 12 heavy (non-hydrogen) atoms. The normalized spacial score (nSPS) is 23.4.